The average Bonchev–Trinajstić information content (AvgIpc) is 2.39. The van der Waals surface area contributed by atoms with Crippen molar-refractivity contribution in [3.05, 3.63) is 29.3 Å². The zero-order valence-corrected chi connectivity index (χ0v) is 10.4. The highest BCUT2D eigenvalue weighted by Crippen LogP contribution is 2.16. The number of carbonyl (C=O) groups excluding carboxylic acids is 1. The number of hydrogen-bond acceptors (Lipinski definition) is 5. The van der Waals surface area contributed by atoms with Gasteiger partial charge in [0.15, 0.2) is 0 Å². The molecule has 1 amide bonds. The van der Waals surface area contributed by atoms with E-state index in [4.69, 9.17) is 10.6 Å². The Bertz CT molecular complexity index is 430. The molecule has 1 fully saturated rings. The summed E-state index contributed by atoms with van der Waals surface area (Å²) in [6.07, 6.45) is 0. The third-order valence-electron chi connectivity index (χ3n) is 2.85. The lowest BCUT2D eigenvalue weighted by molar-refractivity contribution is 0.0126. The zero-order chi connectivity index (χ0) is 13.0. The van der Waals surface area contributed by atoms with Crippen LogP contribution in [0.1, 0.15) is 15.9 Å². The number of amides is 1. The van der Waals surface area contributed by atoms with Gasteiger partial charge in [0, 0.05) is 13.1 Å². The first-order valence-corrected chi connectivity index (χ1v) is 5.91. The molecule has 6 heteroatoms. The quantitative estimate of drug-likeness (QED) is 0.529. The summed E-state index contributed by atoms with van der Waals surface area (Å²) in [5.41, 5.74) is 7.61. The molecule has 18 heavy (non-hydrogen) atoms. The summed E-state index contributed by atoms with van der Waals surface area (Å²) < 4.78 is 5.22. The monoisotopic (exact) mass is 250 g/mol. The van der Waals surface area contributed by atoms with Crippen LogP contribution in [0.25, 0.3) is 0 Å². The van der Waals surface area contributed by atoms with Gasteiger partial charge in [-0.1, -0.05) is 6.07 Å². The number of ether oxygens (including phenoxy) is 1. The summed E-state index contributed by atoms with van der Waals surface area (Å²) in [4.78, 5) is 12.1. The Morgan fingerprint density at radius 3 is 2.78 bits per heavy atom. The topological polar surface area (TPSA) is 79.6 Å². The Kier molecular flexibility index (Phi) is 4.14. The smallest absolute Gasteiger partial charge is 0.267 e. The molecule has 2 rings (SSSR count). The van der Waals surface area contributed by atoms with Gasteiger partial charge < -0.3 is 10.2 Å². The van der Waals surface area contributed by atoms with Crippen molar-refractivity contribution in [1.82, 2.24) is 10.4 Å². The fourth-order valence-corrected chi connectivity index (χ4v) is 1.85. The van der Waals surface area contributed by atoms with Crippen LogP contribution >= 0.6 is 0 Å². The molecular formula is C12H18N4O2. The van der Waals surface area contributed by atoms with Crippen molar-refractivity contribution >= 4 is 11.6 Å². The van der Waals surface area contributed by atoms with Crippen LogP contribution in [0.5, 0.6) is 0 Å². The Morgan fingerprint density at radius 1 is 1.39 bits per heavy atom. The number of carbonyl (C=O) groups is 1. The number of rotatable bonds is 3. The Hall–Kier alpha value is -1.63. The average molecular weight is 250 g/mol. The van der Waals surface area contributed by atoms with E-state index in [0.29, 0.717) is 37.6 Å². The zero-order valence-electron chi connectivity index (χ0n) is 10.4. The summed E-state index contributed by atoms with van der Waals surface area (Å²) in [6.45, 7) is 4.61. The number of nitrogens with two attached hydrogens (primary N) is 1. The number of benzene rings is 1. The largest absolute Gasteiger partial charge is 0.379 e. The van der Waals surface area contributed by atoms with Crippen molar-refractivity contribution in [3.8, 4) is 0 Å². The standard InChI is InChI=1S/C12H18N4O2/c1-9-2-3-10(11(8-9)14-13)12(17)15-16-4-6-18-7-5-16/h2-3,8,14H,4-7,13H2,1H3,(H,15,17). The number of nitrogens with one attached hydrogen (secondary N) is 2. The lowest BCUT2D eigenvalue weighted by Crippen LogP contribution is -2.48. The number of nitrogen functional groups attached to an aromatic ring is 1. The summed E-state index contributed by atoms with van der Waals surface area (Å²) in [6, 6.07) is 5.49. The Labute approximate surface area is 106 Å². The number of aryl methyl sites for hydroxylation is 1. The second kappa shape index (κ2) is 5.81. The fourth-order valence-electron chi connectivity index (χ4n) is 1.85. The van der Waals surface area contributed by atoms with Crippen molar-refractivity contribution in [2.45, 2.75) is 6.92 Å². The van der Waals surface area contributed by atoms with Gasteiger partial charge in [0.25, 0.3) is 5.91 Å². The predicted molar refractivity (Wildman–Crippen MR) is 68.8 cm³/mol. The van der Waals surface area contributed by atoms with E-state index < -0.39 is 0 Å². The van der Waals surface area contributed by atoms with Crippen molar-refractivity contribution in [2.75, 3.05) is 31.7 Å². The normalized spacial score (nSPS) is 16.3. The summed E-state index contributed by atoms with van der Waals surface area (Å²) in [7, 11) is 0. The van der Waals surface area contributed by atoms with Gasteiger partial charge in [-0.3, -0.25) is 16.1 Å². The lowest BCUT2D eigenvalue weighted by Gasteiger charge is -2.27. The third kappa shape index (κ3) is 2.98. The highest BCUT2D eigenvalue weighted by atomic mass is 16.5. The molecule has 0 aliphatic carbocycles. The van der Waals surface area contributed by atoms with E-state index >= 15 is 0 Å². The molecule has 1 aliphatic rings. The summed E-state index contributed by atoms with van der Waals surface area (Å²) in [5.74, 6) is 5.26. The van der Waals surface area contributed by atoms with Crippen LogP contribution in [-0.4, -0.2) is 37.2 Å². The first-order valence-electron chi connectivity index (χ1n) is 5.91. The molecule has 1 heterocycles. The molecule has 0 saturated carbocycles. The van der Waals surface area contributed by atoms with Crippen LogP contribution in [0.4, 0.5) is 5.69 Å². The first kappa shape index (κ1) is 12.8. The number of morpholine rings is 1. The van der Waals surface area contributed by atoms with E-state index in [1.165, 1.54) is 0 Å². The fraction of sp³-hybridized carbons (Fsp3) is 0.417. The highest BCUT2D eigenvalue weighted by molar-refractivity contribution is 5.99. The maximum atomic E-state index is 12.1. The van der Waals surface area contributed by atoms with Crippen molar-refractivity contribution in [1.29, 1.82) is 0 Å². The number of hydrazine groups is 2. The molecule has 0 spiro atoms. The van der Waals surface area contributed by atoms with Crippen LogP contribution < -0.4 is 16.7 Å². The van der Waals surface area contributed by atoms with Gasteiger partial charge in [-0.2, -0.15) is 0 Å². The number of hydrogen-bond donors (Lipinski definition) is 3. The van der Waals surface area contributed by atoms with E-state index in [9.17, 15) is 4.79 Å². The predicted octanol–water partition coefficient (Wildman–Crippen LogP) is 0.258. The molecule has 0 aromatic heterocycles. The molecule has 6 nitrogen and oxygen atoms in total. The molecule has 0 atom stereocenters. The summed E-state index contributed by atoms with van der Waals surface area (Å²) >= 11 is 0. The van der Waals surface area contributed by atoms with Crippen molar-refractivity contribution in [3.63, 3.8) is 0 Å². The van der Waals surface area contributed by atoms with Gasteiger partial charge in [0.2, 0.25) is 0 Å². The van der Waals surface area contributed by atoms with Gasteiger partial charge >= 0.3 is 0 Å². The van der Waals surface area contributed by atoms with E-state index in [-0.39, 0.29) is 5.91 Å². The second-order valence-electron chi connectivity index (χ2n) is 4.23. The molecule has 4 N–H and O–H groups in total. The molecule has 1 aromatic carbocycles. The first-order chi connectivity index (χ1) is 8.70. The minimum absolute atomic E-state index is 0.162. The van der Waals surface area contributed by atoms with Crippen LogP contribution in [0.2, 0.25) is 0 Å². The van der Waals surface area contributed by atoms with E-state index in [2.05, 4.69) is 10.9 Å². The van der Waals surface area contributed by atoms with Gasteiger partial charge in [-0.05, 0) is 24.6 Å². The van der Waals surface area contributed by atoms with Crippen molar-refractivity contribution < 1.29 is 9.53 Å². The van der Waals surface area contributed by atoms with Gasteiger partial charge in [0.1, 0.15) is 0 Å². The lowest BCUT2D eigenvalue weighted by atomic mass is 10.1. The maximum absolute atomic E-state index is 12.1. The third-order valence-corrected chi connectivity index (χ3v) is 2.85. The van der Waals surface area contributed by atoms with Gasteiger partial charge in [-0.25, -0.2) is 5.01 Å². The summed E-state index contributed by atoms with van der Waals surface area (Å²) in [5, 5.41) is 1.85. The minimum atomic E-state index is -0.162. The second-order valence-corrected chi connectivity index (χ2v) is 4.23. The van der Waals surface area contributed by atoms with Crippen LogP contribution in [0, 0.1) is 6.92 Å². The highest BCUT2D eigenvalue weighted by Gasteiger charge is 2.16. The molecular weight excluding hydrogens is 232 g/mol. The van der Waals surface area contributed by atoms with Crippen LogP contribution in [0.3, 0.4) is 0 Å². The maximum Gasteiger partial charge on any atom is 0.267 e. The minimum Gasteiger partial charge on any atom is -0.379 e. The van der Waals surface area contributed by atoms with Gasteiger partial charge in [0.05, 0.1) is 24.5 Å². The molecule has 0 radical (unpaired) electrons. The van der Waals surface area contributed by atoms with E-state index in [0.717, 1.165) is 5.56 Å². The number of anilines is 1. The van der Waals surface area contributed by atoms with Gasteiger partial charge in [-0.15, -0.1) is 0 Å². The van der Waals surface area contributed by atoms with Crippen molar-refractivity contribution in [2.24, 2.45) is 5.84 Å². The molecule has 1 saturated heterocycles. The molecule has 0 unspecified atom stereocenters. The van der Waals surface area contributed by atoms with E-state index in [1.54, 1.807) is 6.07 Å². The molecule has 0 bridgehead atoms. The molecule has 1 aliphatic heterocycles. The van der Waals surface area contributed by atoms with Crippen LogP contribution in [0.15, 0.2) is 18.2 Å². The molecule has 1 aromatic rings. The molecule has 98 valence electrons. The van der Waals surface area contributed by atoms with Crippen LogP contribution in [-0.2, 0) is 4.74 Å². The Balaban J connectivity index is 2.08. The number of nitrogens with zero attached hydrogens (tertiary/aromatic N) is 1. The Morgan fingerprint density at radius 2 is 2.11 bits per heavy atom. The SMILES string of the molecule is Cc1ccc(C(=O)NN2CCOCC2)c(NN)c1. The van der Waals surface area contributed by atoms with E-state index in [1.807, 2.05) is 24.1 Å².